The second-order valence-electron chi connectivity index (χ2n) is 8.82. The van der Waals surface area contributed by atoms with E-state index in [4.69, 9.17) is 9.16 Å². The number of rotatable bonds is 8. The molecular formula is C24H30BrNO3Si. The van der Waals surface area contributed by atoms with Gasteiger partial charge in [0, 0.05) is 23.0 Å². The summed E-state index contributed by atoms with van der Waals surface area (Å²) in [5.41, 5.74) is 2.84. The van der Waals surface area contributed by atoms with Crippen molar-refractivity contribution in [2.45, 2.75) is 45.4 Å². The zero-order chi connectivity index (χ0) is 21.8. The van der Waals surface area contributed by atoms with E-state index in [-0.39, 0.29) is 10.6 Å². The number of alkyl halides is 1. The highest BCUT2D eigenvalue weighted by Crippen LogP contribution is 2.38. The molecule has 1 aromatic heterocycles. The molecule has 0 amide bonds. The maximum Gasteiger partial charge on any atom is 0.248 e. The van der Waals surface area contributed by atoms with Crippen LogP contribution in [-0.2, 0) is 17.5 Å². The molecule has 0 saturated carbocycles. The highest BCUT2D eigenvalue weighted by molar-refractivity contribution is 9.09. The van der Waals surface area contributed by atoms with E-state index >= 15 is 0 Å². The average Bonchev–Trinajstić information content (AvgIpc) is 2.72. The van der Waals surface area contributed by atoms with Gasteiger partial charge >= 0.3 is 0 Å². The van der Waals surface area contributed by atoms with Crippen LogP contribution in [-0.4, -0.2) is 24.9 Å². The first kappa shape index (κ1) is 22.8. The Bertz CT molecular complexity index is 1050. The summed E-state index contributed by atoms with van der Waals surface area (Å²) in [5, 5.41) is 1.15. The molecule has 0 aliphatic heterocycles. The first-order chi connectivity index (χ1) is 14.2. The van der Waals surface area contributed by atoms with Crippen molar-refractivity contribution >= 4 is 35.2 Å². The van der Waals surface area contributed by atoms with Gasteiger partial charge in [0.2, 0.25) is 13.9 Å². The number of pyridine rings is 1. The van der Waals surface area contributed by atoms with Crippen molar-refractivity contribution in [1.29, 1.82) is 0 Å². The molecule has 4 nitrogen and oxygen atoms in total. The number of hydrogen-bond acceptors (Lipinski definition) is 3. The number of aromatic nitrogens is 1. The highest BCUT2D eigenvalue weighted by atomic mass is 79.9. The standard InChI is InChI=1S/C24H30BrNO3Si/c1-24(2,3)30(4,17-25)29-15-14-19-10-12-21(23-20(19)11-13-22(27)26-23)28-16-18-8-6-5-7-9-18/h5-13H,14-17H2,1-4H3,(H,26,27). The van der Waals surface area contributed by atoms with Gasteiger partial charge in [0.15, 0.2) is 0 Å². The number of hydrogen-bond donors (Lipinski definition) is 1. The van der Waals surface area contributed by atoms with Crippen molar-refractivity contribution in [3.8, 4) is 5.75 Å². The van der Waals surface area contributed by atoms with Gasteiger partial charge in [-0.3, -0.25) is 4.79 Å². The molecule has 0 saturated heterocycles. The number of H-pyrrole nitrogens is 1. The average molecular weight is 488 g/mol. The molecule has 0 radical (unpaired) electrons. The van der Waals surface area contributed by atoms with Crippen LogP contribution in [0.1, 0.15) is 31.9 Å². The third-order valence-electron chi connectivity index (χ3n) is 5.82. The smallest absolute Gasteiger partial charge is 0.248 e. The van der Waals surface area contributed by atoms with Crippen molar-refractivity contribution in [1.82, 2.24) is 4.98 Å². The summed E-state index contributed by atoms with van der Waals surface area (Å²) in [6, 6.07) is 17.5. The van der Waals surface area contributed by atoms with Gasteiger partial charge in [0.1, 0.15) is 12.4 Å². The van der Waals surface area contributed by atoms with E-state index in [0.717, 1.165) is 33.4 Å². The molecule has 0 fully saturated rings. The largest absolute Gasteiger partial charge is 0.487 e. The lowest BCUT2D eigenvalue weighted by Crippen LogP contribution is -2.46. The predicted molar refractivity (Wildman–Crippen MR) is 130 cm³/mol. The van der Waals surface area contributed by atoms with E-state index in [2.05, 4.69) is 54.3 Å². The second kappa shape index (κ2) is 9.50. The van der Waals surface area contributed by atoms with E-state index in [0.29, 0.717) is 19.0 Å². The quantitative estimate of drug-likeness (QED) is 0.314. The fourth-order valence-corrected chi connectivity index (χ4v) is 7.67. The van der Waals surface area contributed by atoms with Crippen molar-refractivity contribution in [3.63, 3.8) is 0 Å². The van der Waals surface area contributed by atoms with Gasteiger partial charge in [0.05, 0.1) is 5.52 Å². The second-order valence-corrected chi connectivity index (χ2v) is 15.0. The third kappa shape index (κ3) is 5.23. The topological polar surface area (TPSA) is 51.3 Å². The van der Waals surface area contributed by atoms with Crippen LogP contribution in [0.3, 0.4) is 0 Å². The summed E-state index contributed by atoms with van der Waals surface area (Å²) in [7, 11) is -1.88. The first-order valence-electron chi connectivity index (χ1n) is 10.2. The Morgan fingerprint density at radius 1 is 1.03 bits per heavy atom. The van der Waals surface area contributed by atoms with Crippen LogP contribution in [0, 0.1) is 0 Å². The Morgan fingerprint density at radius 3 is 2.43 bits per heavy atom. The molecule has 30 heavy (non-hydrogen) atoms. The van der Waals surface area contributed by atoms with Gasteiger partial charge in [0.25, 0.3) is 0 Å². The molecule has 1 heterocycles. The van der Waals surface area contributed by atoms with E-state index in [1.54, 1.807) is 6.07 Å². The number of aromatic amines is 1. The molecule has 3 rings (SSSR count). The lowest BCUT2D eigenvalue weighted by Gasteiger charge is -2.38. The molecule has 6 heteroatoms. The number of fused-ring (bicyclic) bond motifs is 1. The van der Waals surface area contributed by atoms with E-state index in [1.807, 2.05) is 42.5 Å². The minimum atomic E-state index is -1.88. The molecule has 0 aliphatic carbocycles. The van der Waals surface area contributed by atoms with Crippen LogP contribution in [0.15, 0.2) is 59.4 Å². The van der Waals surface area contributed by atoms with Crippen LogP contribution in [0.5, 0.6) is 5.75 Å². The normalized spacial score (nSPS) is 13.9. The zero-order valence-electron chi connectivity index (χ0n) is 18.1. The van der Waals surface area contributed by atoms with Crippen LogP contribution < -0.4 is 10.3 Å². The van der Waals surface area contributed by atoms with E-state index < -0.39 is 8.32 Å². The summed E-state index contributed by atoms with van der Waals surface area (Å²) in [4.78, 5) is 15.8. The van der Waals surface area contributed by atoms with Crippen LogP contribution >= 0.6 is 15.9 Å². The summed E-state index contributed by atoms with van der Waals surface area (Å²) in [6.45, 7) is 10.1. The number of ether oxygens (including phenoxy) is 1. The minimum absolute atomic E-state index is 0.132. The summed E-state index contributed by atoms with van der Waals surface area (Å²) in [6.07, 6.45) is 0.785. The molecule has 1 atom stereocenters. The minimum Gasteiger partial charge on any atom is -0.487 e. The molecule has 2 aromatic carbocycles. The van der Waals surface area contributed by atoms with E-state index in [9.17, 15) is 4.79 Å². The van der Waals surface area contributed by atoms with Gasteiger partial charge in [-0.05, 0) is 41.3 Å². The van der Waals surface area contributed by atoms with Crippen LogP contribution in [0.2, 0.25) is 11.6 Å². The Labute approximate surface area is 187 Å². The summed E-state index contributed by atoms with van der Waals surface area (Å²) >= 11 is 3.67. The van der Waals surface area contributed by atoms with Crippen LogP contribution in [0.4, 0.5) is 0 Å². The number of halogens is 1. The zero-order valence-corrected chi connectivity index (χ0v) is 20.7. The molecule has 1 unspecified atom stereocenters. The summed E-state index contributed by atoms with van der Waals surface area (Å²) < 4.78 is 12.5. The number of nitrogens with one attached hydrogen (secondary N) is 1. The maximum absolute atomic E-state index is 12.0. The van der Waals surface area contributed by atoms with Crippen molar-refractivity contribution < 1.29 is 9.16 Å². The SMILES string of the molecule is CC(C)(C)[Si](C)(CBr)OCCc1ccc(OCc2ccccc2)c2[nH]c(=O)ccc12. The summed E-state index contributed by atoms with van der Waals surface area (Å²) in [5.74, 6) is 0.686. The third-order valence-corrected chi connectivity index (χ3v) is 13.6. The van der Waals surface area contributed by atoms with Gasteiger partial charge in [-0.2, -0.15) is 0 Å². The molecule has 1 N–H and O–H groups in total. The van der Waals surface area contributed by atoms with Gasteiger partial charge in [-0.15, -0.1) is 0 Å². The predicted octanol–water partition coefficient (Wildman–Crippen LogP) is 5.98. The molecule has 0 aliphatic rings. The van der Waals surface area contributed by atoms with Crippen molar-refractivity contribution in [3.05, 3.63) is 76.1 Å². The Balaban J connectivity index is 1.80. The van der Waals surface area contributed by atoms with Crippen molar-refractivity contribution in [2.24, 2.45) is 0 Å². The highest BCUT2D eigenvalue weighted by Gasteiger charge is 2.40. The Hall–Kier alpha value is -1.89. The fourth-order valence-electron chi connectivity index (χ4n) is 3.20. The van der Waals surface area contributed by atoms with Crippen molar-refractivity contribution in [2.75, 3.05) is 11.6 Å². The molecule has 160 valence electrons. The van der Waals surface area contributed by atoms with Gasteiger partial charge in [-0.25, -0.2) is 0 Å². The fraction of sp³-hybridized carbons (Fsp3) is 0.375. The molecule has 0 spiro atoms. The Kier molecular flexibility index (Phi) is 7.21. The molecule has 0 bridgehead atoms. The number of benzene rings is 2. The lowest BCUT2D eigenvalue weighted by molar-refractivity contribution is 0.291. The van der Waals surface area contributed by atoms with Gasteiger partial charge < -0.3 is 14.1 Å². The van der Waals surface area contributed by atoms with Gasteiger partial charge in [-0.1, -0.05) is 73.1 Å². The monoisotopic (exact) mass is 487 g/mol. The Morgan fingerprint density at radius 2 is 1.77 bits per heavy atom. The molecule has 3 aromatic rings. The molecular weight excluding hydrogens is 458 g/mol. The lowest BCUT2D eigenvalue weighted by atomic mass is 10.1. The van der Waals surface area contributed by atoms with Crippen LogP contribution in [0.25, 0.3) is 10.9 Å². The first-order valence-corrected chi connectivity index (χ1v) is 14.0. The maximum atomic E-state index is 12.0. The van der Waals surface area contributed by atoms with E-state index in [1.165, 1.54) is 0 Å².